The second kappa shape index (κ2) is 24.4. The Morgan fingerprint density at radius 3 is 1.26 bits per heavy atom. The van der Waals surface area contributed by atoms with Gasteiger partial charge in [-0.05, 0) is 0 Å². The average Bonchev–Trinajstić information content (AvgIpc) is 2.46. The topological polar surface area (TPSA) is 17.1 Å². The van der Waals surface area contributed by atoms with Gasteiger partial charge in [0, 0.05) is 0 Å². The zero-order chi connectivity index (χ0) is 14.6. The Morgan fingerprint density at radius 2 is 0.895 bits per heavy atom. The van der Waals surface area contributed by atoms with Gasteiger partial charge in [0.25, 0.3) is 0 Å². The first-order valence-corrected chi connectivity index (χ1v) is 13.5. The van der Waals surface area contributed by atoms with Gasteiger partial charge in [0.05, 0.1) is 0 Å². The molecule has 1 nitrogen and oxygen atoms in total. The molecule has 0 N–H and O–H groups in total. The fraction of sp³-hybridized carbons (Fsp3) is 1.00. The molecule has 4 radical (unpaired) electrons. The molecule has 112 valence electrons. The molecule has 0 amide bonds. The van der Waals surface area contributed by atoms with Gasteiger partial charge in [-0.2, -0.15) is 0 Å². The molecule has 0 aromatic carbocycles. The third-order valence-electron chi connectivity index (χ3n) is 3.41. The van der Waals surface area contributed by atoms with Crippen LogP contribution in [0.2, 0.25) is 8.87 Å². The van der Waals surface area contributed by atoms with Gasteiger partial charge in [-0.3, -0.25) is 0 Å². The summed E-state index contributed by atoms with van der Waals surface area (Å²) in [7, 11) is 0. The zero-order valence-electron chi connectivity index (χ0n) is 13.3. The van der Waals surface area contributed by atoms with E-state index in [2.05, 4.69) is 13.8 Å². The molecule has 0 bridgehead atoms. The molecule has 0 saturated heterocycles. The minimum absolute atomic E-state index is 0.0736. The van der Waals surface area contributed by atoms with Crippen molar-refractivity contribution in [3.8, 4) is 0 Å². The number of hydrogen-bond acceptors (Lipinski definition) is 1. The van der Waals surface area contributed by atoms with Gasteiger partial charge in [0.1, 0.15) is 0 Å². The van der Waals surface area contributed by atoms with Crippen molar-refractivity contribution < 1.29 is 3.08 Å². The van der Waals surface area contributed by atoms with Crippen LogP contribution in [0.25, 0.3) is 0 Å². The molecule has 0 aliphatic carbocycles. The third kappa shape index (κ3) is 24.8. The summed E-state index contributed by atoms with van der Waals surface area (Å²) < 4.78 is 11.7. The van der Waals surface area contributed by atoms with E-state index in [1.165, 1.54) is 64.2 Å². The van der Waals surface area contributed by atoms with Gasteiger partial charge in [0.2, 0.25) is 0 Å². The summed E-state index contributed by atoms with van der Waals surface area (Å²) in [6, 6.07) is 0. The first-order valence-electron chi connectivity index (χ1n) is 8.33. The van der Waals surface area contributed by atoms with E-state index in [1.807, 2.05) is 0 Å². The molecule has 0 rings (SSSR count). The Kier molecular flexibility index (Phi) is 29.1. The summed E-state index contributed by atoms with van der Waals surface area (Å²) in [6.07, 6.45) is 17.8. The molecule has 0 aromatic rings. The predicted octanol–water partition coefficient (Wildman–Crippen LogP) is 5.75. The Balaban J connectivity index is 0. The number of rotatable bonds is 14. The van der Waals surface area contributed by atoms with Crippen molar-refractivity contribution in [2.24, 2.45) is 0 Å². The number of unbranched alkanes of at least 4 members (excludes halogenated alkanes) is 10. The zero-order valence-corrected chi connectivity index (χ0v) is 19.0. The molecule has 0 unspecified atom stereocenters. The van der Waals surface area contributed by atoms with Gasteiger partial charge >= 0.3 is 147 Å². The summed E-state index contributed by atoms with van der Waals surface area (Å²) in [5, 5.41) is 0. The quantitative estimate of drug-likeness (QED) is 0.229. The van der Waals surface area contributed by atoms with Crippen LogP contribution in [0, 0.1) is 0 Å². The van der Waals surface area contributed by atoms with Crippen LogP contribution in [0.1, 0.15) is 90.9 Å². The van der Waals surface area contributed by atoms with Crippen LogP contribution in [-0.4, -0.2) is 43.7 Å². The first-order chi connectivity index (χ1) is 9.41. The molecular formula is C16H34OSn2. The molecular weight excluding hydrogens is 446 g/mol. The van der Waals surface area contributed by atoms with Gasteiger partial charge in [-0.25, -0.2) is 0 Å². The van der Waals surface area contributed by atoms with Crippen molar-refractivity contribution in [1.29, 1.82) is 0 Å². The van der Waals surface area contributed by atoms with Crippen LogP contribution >= 0.6 is 0 Å². The maximum absolute atomic E-state index is 8.34. The second-order valence-electron chi connectivity index (χ2n) is 5.29. The monoisotopic (exact) mass is 482 g/mol. The maximum atomic E-state index is 8.34. The summed E-state index contributed by atoms with van der Waals surface area (Å²) >= 11 is 0.374. The molecule has 3 heteroatoms. The van der Waals surface area contributed by atoms with E-state index in [9.17, 15) is 0 Å². The van der Waals surface area contributed by atoms with Crippen LogP contribution in [0.5, 0.6) is 0 Å². The minimum atomic E-state index is 0.0736. The van der Waals surface area contributed by atoms with Crippen LogP contribution in [0.4, 0.5) is 0 Å². The van der Waals surface area contributed by atoms with E-state index >= 15 is 0 Å². The molecule has 0 aliphatic rings. The van der Waals surface area contributed by atoms with E-state index in [0.717, 1.165) is 0 Å². The van der Waals surface area contributed by atoms with Gasteiger partial charge in [-0.15, -0.1) is 0 Å². The normalized spacial score (nSPS) is 10.0. The predicted molar refractivity (Wildman–Crippen MR) is 88.6 cm³/mol. The van der Waals surface area contributed by atoms with E-state index in [1.54, 1.807) is 21.7 Å². The molecule has 0 aromatic heterocycles. The second-order valence-corrected chi connectivity index (χ2v) is 9.57. The number of hydrogen-bond donors (Lipinski definition) is 0. The molecule has 0 fully saturated rings. The van der Waals surface area contributed by atoms with Crippen LogP contribution in [0.3, 0.4) is 0 Å². The van der Waals surface area contributed by atoms with Crippen molar-refractivity contribution in [3.05, 3.63) is 0 Å². The Bertz CT molecular complexity index is 129. The van der Waals surface area contributed by atoms with Crippen LogP contribution in [0.15, 0.2) is 0 Å². The van der Waals surface area contributed by atoms with Crippen molar-refractivity contribution >= 4 is 43.7 Å². The average molecular weight is 480 g/mol. The Labute approximate surface area is 145 Å². The van der Waals surface area contributed by atoms with Crippen LogP contribution in [-0.2, 0) is 3.08 Å². The van der Waals surface area contributed by atoms with Crippen molar-refractivity contribution in [2.45, 2.75) is 99.8 Å². The molecule has 0 heterocycles. The molecule has 0 atom stereocenters. The summed E-state index contributed by atoms with van der Waals surface area (Å²) in [5.74, 6) is 0. The summed E-state index contributed by atoms with van der Waals surface area (Å²) in [5.41, 5.74) is 0. The van der Waals surface area contributed by atoms with Crippen molar-refractivity contribution in [1.82, 2.24) is 0 Å². The Morgan fingerprint density at radius 1 is 0.579 bits per heavy atom. The fourth-order valence-electron chi connectivity index (χ4n) is 2.19. The summed E-state index contributed by atoms with van der Waals surface area (Å²) in [4.78, 5) is 0. The van der Waals surface area contributed by atoms with Gasteiger partial charge in [0.15, 0.2) is 0 Å². The van der Waals surface area contributed by atoms with E-state index in [4.69, 9.17) is 3.08 Å². The summed E-state index contributed by atoms with van der Waals surface area (Å²) in [6.45, 7) is 4.60. The molecule has 0 aliphatic heterocycles. The molecule has 0 spiro atoms. The van der Waals surface area contributed by atoms with E-state index in [-0.39, 0.29) is 21.1 Å². The van der Waals surface area contributed by atoms with Gasteiger partial charge < -0.3 is 0 Å². The molecule has 0 saturated carbocycles. The van der Waals surface area contributed by atoms with E-state index < -0.39 is 0 Å². The van der Waals surface area contributed by atoms with Crippen molar-refractivity contribution in [2.75, 3.05) is 0 Å². The first kappa shape index (κ1) is 22.7. The Hall–Kier alpha value is 1.40. The van der Waals surface area contributed by atoms with Crippen LogP contribution < -0.4 is 0 Å². The van der Waals surface area contributed by atoms with Gasteiger partial charge in [-0.1, -0.05) is 0 Å². The third-order valence-corrected chi connectivity index (χ3v) is 7.45. The van der Waals surface area contributed by atoms with E-state index in [0.29, 0.717) is 22.5 Å². The SMILES string of the molecule is CCCCCCC[CH2][Sn][CH2]CCCCCCC.[O]=[Sn]. The standard InChI is InChI=1S/2C8H17.O.2Sn/c2*1-3-5-7-8-6-4-2;;;/h2*1,3-8H2,2H3;;;. The molecule has 19 heavy (non-hydrogen) atoms. The van der Waals surface area contributed by atoms with Crippen molar-refractivity contribution in [3.63, 3.8) is 0 Å². The fourth-order valence-corrected chi connectivity index (χ4v) is 5.75.